The first kappa shape index (κ1) is 14.5. The molecule has 0 saturated carbocycles. The Morgan fingerprint density at radius 3 is 2.61 bits per heavy atom. The molecule has 1 amide bonds. The van der Waals surface area contributed by atoms with Crippen molar-refractivity contribution < 1.29 is 9.90 Å². The van der Waals surface area contributed by atoms with E-state index in [2.05, 4.69) is 5.32 Å². The lowest BCUT2D eigenvalue weighted by atomic mass is 10.1. The molecule has 0 spiro atoms. The summed E-state index contributed by atoms with van der Waals surface area (Å²) in [5.41, 5.74) is 0.851. The molecule has 0 aliphatic rings. The van der Waals surface area contributed by atoms with Crippen molar-refractivity contribution in [3.8, 4) is 5.75 Å². The third-order valence-electron chi connectivity index (χ3n) is 3.06. The number of carbonyl (C=O) groups is 1. The van der Waals surface area contributed by atoms with Gasteiger partial charge in [-0.3, -0.25) is 9.69 Å². The molecule has 1 aromatic carbocycles. The monoisotopic (exact) mass is 250 g/mol. The highest BCUT2D eigenvalue weighted by molar-refractivity contribution is 5.78. The average Bonchev–Trinajstić information content (AvgIpc) is 2.36. The van der Waals surface area contributed by atoms with E-state index in [9.17, 15) is 9.90 Å². The zero-order valence-corrected chi connectivity index (χ0v) is 11.3. The second-order valence-electron chi connectivity index (χ2n) is 4.25. The number of likely N-dealkylation sites (N-methyl/N-ethyl adjacent to an activating group) is 2. The Labute approximate surface area is 109 Å². The maximum Gasteiger partial charge on any atom is 0.234 e. The normalized spacial score (nSPS) is 12.4. The van der Waals surface area contributed by atoms with E-state index in [4.69, 9.17) is 0 Å². The number of carbonyl (C=O) groups excluding carboxylic acids is 1. The summed E-state index contributed by atoms with van der Waals surface area (Å²) in [6, 6.07) is 7.27. The Kier molecular flexibility index (Phi) is 5.65. The molecule has 0 fully saturated rings. The van der Waals surface area contributed by atoms with Gasteiger partial charge in [0.05, 0.1) is 6.54 Å². The van der Waals surface area contributed by atoms with E-state index in [-0.39, 0.29) is 17.7 Å². The first-order chi connectivity index (χ1) is 8.60. The van der Waals surface area contributed by atoms with Crippen LogP contribution in [0.2, 0.25) is 0 Å². The summed E-state index contributed by atoms with van der Waals surface area (Å²) in [7, 11) is 0. The zero-order valence-electron chi connectivity index (χ0n) is 11.3. The van der Waals surface area contributed by atoms with Crippen molar-refractivity contribution in [3.05, 3.63) is 29.8 Å². The number of phenolic OH excluding ortho intramolecular Hbond substituents is 1. The van der Waals surface area contributed by atoms with Crippen LogP contribution in [0, 0.1) is 0 Å². The van der Waals surface area contributed by atoms with Crippen LogP contribution in [-0.2, 0) is 4.79 Å². The molecular formula is C14H22N2O2. The van der Waals surface area contributed by atoms with Crippen molar-refractivity contribution in [2.75, 3.05) is 19.6 Å². The van der Waals surface area contributed by atoms with Crippen LogP contribution in [0.5, 0.6) is 5.75 Å². The molecule has 0 bridgehead atoms. The van der Waals surface area contributed by atoms with Crippen LogP contribution in [0.15, 0.2) is 24.3 Å². The van der Waals surface area contributed by atoms with Gasteiger partial charge in [-0.15, -0.1) is 0 Å². The van der Waals surface area contributed by atoms with E-state index in [1.807, 2.05) is 37.8 Å². The van der Waals surface area contributed by atoms with Gasteiger partial charge in [0, 0.05) is 18.2 Å². The topological polar surface area (TPSA) is 52.6 Å². The van der Waals surface area contributed by atoms with Gasteiger partial charge in [0.25, 0.3) is 0 Å². The molecule has 0 aromatic heterocycles. The fourth-order valence-corrected chi connectivity index (χ4v) is 2.00. The first-order valence-corrected chi connectivity index (χ1v) is 6.38. The molecule has 0 heterocycles. The molecule has 1 atom stereocenters. The average molecular weight is 250 g/mol. The summed E-state index contributed by atoms with van der Waals surface area (Å²) < 4.78 is 0. The molecule has 100 valence electrons. The van der Waals surface area contributed by atoms with E-state index in [0.717, 1.165) is 12.1 Å². The van der Waals surface area contributed by atoms with E-state index >= 15 is 0 Å². The summed E-state index contributed by atoms with van der Waals surface area (Å²) in [6.07, 6.45) is 0. The summed E-state index contributed by atoms with van der Waals surface area (Å²) in [5.74, 6) is 0.293. The minimum Gasteiger partial charge on any atom is -0.508 e. The van der Waals surface area contributed by atoms with Gasteiger partial charge in [0.2, 0.25) is 5.91 Å². The smallest absolute Gasteiger partial charge is 0.234 e. The number of rotatable bonds is 6. The van der Waals surface area contributed by atoms with Gasteiger partial charge in [0.1, 0.15) is 5.75 Å². The van der Waals surface area contributed by atoms with Crippen molar-refractivity contribution >= 4 is 5.91 Å². The van der Waals surface area contributed by atoms with E-state index < -0.39 is 0 Å². The van der Waals surface area contributed by atoms with Crippen LogP contribution in [-0.4, -0.2) is 35.5 Å². The minimum absolute atomic E-state index is 0.0128. The second kappa shape index (κ2) is 7.01. The van der Waals surface area contributed by atoms with E-state index in [0.29, 0.717) is 13.1 Å². The number of aromatic hydroxyl groups is 1. The molecule has 2 N–H and O–H groups in total. The number of hydrogen-bond donors (Lipinski definition) is 2. The van der Waals surface area contributed by atoms with Crippen LogP contribution in [0.1, 0.15) is 32.4 Å². The summed E-state index contributed by atoms with van der Waals surface area (Å²) in [6.45, 7) is 7.65. The number of nitrogens with zero attached hydrogens (tertiary/aromatic N) is 1. The van der Waals surface area contributed by atoms with Gasteiger partial charge in [0.15, 0.2) is 0 Å². The number of para-hydroxylation sites is 1. The SMILES string of the molecule is CCNC(=O)CN(CC)C(C)c1ccccc1O. The third kappa shape index (κ3) is 3.74. The predicted molar refractivity (Wildman–Crippen MR) is 72.5 cm³/mol. The standard InChI is InChI=1S/C14H22N2O2/c1-4-15-14(18)10-16(5-2)11(3)12-8-6-7-9-13(12)17/h6-9,11,17H,4-5,10H2,1-3H3,(H,15,18). The van der Waals surface area contributed by atoms with Crippen molar-refractivity contribution in [3.63, 3.8) is 0 Å². The molecule has 1 rings (SSSR count). The molecule has 18 heavy (non-hydrogen) atoms. The Balaban J connectivity index is 2.76. The predicted octanol–water partition coefficient (Wildman–Crippen LogP) is 1.91. The highest BCUT2D eigenvalue weighted by Gasteiger charge is 2.19. The van der Waals surface area contributed by atoms with Crippen molar-refractivity contribution in [1.29, 1.82) is 0 Å². The minimum atomic E-state index is 0.0128. The largest absolute Gasteiger partial charge is 0.508 e. The Hall–Kier alpha value is -1.55. The van der Waals surface area contributed by atoms with Crippen LogP contribution in [0.4, 0.5) is 0 Å². The number of phenols is 1. The van der Waals surface area contributed by atoms with Crippen LogP contribution < -0.4 is 5.32 Å². The summed E-state index contributed by atoms with van der Waals surface area (Å²) >= 11 is 0. The Morgan fingerprint density at radius 2 is 2.06 bits per heavy atom. The van der Waals surface area contributed by atoms with Gasteiger partial charge in [-0.1, -0.05) is 25.1 Å². The zero-order chi connectivity index (χ0) is 13.5. The highest BCUT2D eigenvalue weighted by atomic mass is 16.3. The van der Waals surface area contributed by atoms with Gasteiger partial charge >= 0.3 is 0 Å². The van der Waals surface area contributed by atoms with E-state index in [1.54, 1.807) is 12.1 Å². The molecule has 0 saturated heterocycles. The number of amides is 1. The molecule has 1 aromatic rings. The fraction of sp³-hybridized carbons (Fsp3) is 0.500. The summed E-state index contributed by atoms with van der Waals surface area (Å²) in [5, 5.41) is 12.6. The Morgan fingerprint density at radius 1 is 1.39 bits per heavy atom. The van der Waals surface area contributed by atoms with Gasteiger partial charge in [-0.2, -0.15) is 0 Å². The van der Waals surface area contributed by atoms with Crippen molar-refractivity contribution in [2.45, 2.75) is 26.8 Å². The lowest BCUT2D eigenvalue weighted by Crippen LogP contribution is -2.38. The maximum atomic E-state index is 11.6. The second-order valence-corrected chi connectivity index (χ2v) is 4.25. The maximum absolute atomic E-state index is 11.6. The molecular weight excluding hydrogens is 228 g/mol. The quantitative estimate of drug-likeness (QED) is 0.811. The first-order valence-electron chi connectivity index (χ1n) is 6.38. The molecule has 0 aliphatic carbocycles. The van der Waals surface area contributed by atoms with Crippen LogP contribution in [0.3, 0.4) is 0 Å². The molecule has 0 radical (unpaired) electrons. The number of hydrogen-bond acceptors (Lipinski definition) is 3. The lowest BCUT2D eigenvalue weighted by molar-refractivity contribution is -0.122. The van der Waals surface area contributed by atoms with Crippen molar-refractivity contribution in [1.82, 2.24) is 10.2 Å². The van der Waals surface area contributed by atoms with Crippen molar-refractivity contribution in [2.24, 2.45) is 0 Å². The number of nitrogens with one attached hydrogen (secondary N) is 1. The highest BCUT2D eigenvalue weighted by Crippen LogP contribution is 2.27. The van der Waals surface area contributed by atoms with Crippen LogP contribution in [0.25, 0.3) is 0 Å². The molecule has 4 heteroatoms. The third-order valence-corrected chi connectivity index (χ3v) is 3.06. The summed E-state index contributed by atoms with van der Waals surface area (Å²) in [4.78, 5) is 13.6. The lowest BCUT2D eigenvalue weighted by Gasteiger charge is -2.27. The van der Waals surface area contributed by atoms with Gasteiger partial charge < -0.3 is 10.4 Å². The fourth-order valence-electron chi connectivity index (χ4n) is 2.00. The number of benzene rings is 1. The van der Waals surface area contributed by atoms with Gasteiger partial charge in [-0.25, -0.2) is 0 Å². The molecule has 0 aliphatic heterocycles. The van der Waals surface area contributed by atoms with Gasteiger partial charge in [-0.05, 0) is 26.5 Å². The molecule has 4 nitrogen and oxygen atoms in total. The molecule has 1 unspecified atom stereocenters. The Bertz CT molecular complexity index is 393. The van der Waals surface area contributed by atoms with E-state index in [1.165, 1.54) is 0 Å². The van der Waals surface area contributed by atoms with Crippen LogP contribution >= 0.6 is 0 Å².